The molecule has 0 radical (unpaired) electrons. The molecule has 1 aromatic rings. The van der Waals surface area contributed by atoms with Crippen molar-refractivity contribution in [1.82, 2.24) is 9.62 Å². The van der Waals surface area contributed by atoms with Gasteiger partial charge in [-0.25, -0.2) is 17.5 Å². The van der Waals surface area contributed by atoms with E-state index in [1.54, 1.807) is 6.92 Å². The number of nitrogens with one attached hydrogen (secondary N) is 1. The van der Waals surface area contributed by atoms with Crippen LogP contribution in [0.1, 0.15) is 32.6 Å². The second-order valence-electron chi connectivity index (χ2n) is 6.61. The summed E-state index contributed by atoms with van der Waals surface area (Å²) in [4.78, 5) is 25.8. The van der Waals surface area contributed by atoms with Crippen molar-refractivity contribution in [3.8, 4) is 0 Å². The molecule has 1 saturated carbocycles. The Morgan fingerprint density at radius 1 is 1.38 bits per heavy atom. The number of likely N-dealkylation sites (tertiary alicyclic amines) is 1. The number of hydrogen-bond acceptors (Lipinski definition) is 4. The standard InChI is InChI=1S/C16H19FN2O4S/c1-16(7-8-19(16)14(20)9-11-5-6-11)15(21)18-24(22,23)13-4-2-3-12(17)10-13/h2-4,10-11H,5-9H2,1H3,(H,18,21). The van der Waals surface area contributed by atoms with Gasteiger partial charge in [-0.05, 0) is 50.3 Å². The van der Waals surface area contributed by atoms with Crippen LogP contribution in [0.3, 0.4) is 0 Å². The average Bonchev–Trinajstić information content (AvgIpc) is 3.28. The third-order valence-electron chi connectivity index (χ3n) is 4.70. The van der Waals surface area contributed by atoms with Gasteiger partial charge in [-0.1, -0.05) is 6.07 Å². The molecule has 2 amide bonds. The maximum Gasteiger partial charge on any atom is 0.264 e. The van der Waals surface area contributed by atoms with Gasteiger partial charge >= 0.3 is 0 Å². The second-order valence-corrected chi connectivity index (χ2v) is 8.29. The minimum absolute atomic E-state index is 0.121. The van der Waals surface area contributed by atoms with Crippen molar-refractivity contribution in [2.24, 2.45) is 5.92 Å². The smallest absolute Gasteiger partial charge is 0.264 e. The molecule has 2 aliphatic rings. The fourth-order valence-electron chi connectivity index (χ4n) is 2.80. The molecule has 8 heteroatoms. The predicted octanol–water partition coefficient (Wildman–Crippen LogP) is 1.42. The first-order valence-corrected chi connectivity index (χ1v) is 9.34. The number of carbonyl (C=O) groups is 2. The molecule has 1 unspecified atom stereocenters. The zero-order valence-corrected chi connectivity index (χ0v) is 14.1. The normalized spacial score (nSPS) is 23.5. The third kappa shape index (κ3) is 3.15. The van der Waals surface area contributed by atoms with Crippen LogP contribution in [0.25, 0.3) is 0 Å². The molecule has 1 N–H and O–H groups in total. The number of carbonyl (C=O) groups excluding carboxylic acids is 2. The summed E-state index contributed by atoms with van der Waals surface area (Å²) in [5.41, 5.74) is -1.17. The number of benzene rings is 1. The lowest BCUT2D eigenvalue weighted by Crippen LogP contribution is -2.67. The van der Waals surface area contributed by atoms with E-state index in [9.17, 15) is 22.4 Å². The van der Waals surface area contributed by atoms with Gasteiger partial charge in [0.25, 0.3) is 15.9 Å². The molecule has 1 saturated heterocycles. The highest BCUT2D eigenvalue weighted by molar-refractivity contribution is 7.90. The highest BCUT2D eigenvalue weighted by Gasteiger charge is 2.50. The highest BCUT2D eigenvalue weighted by atomic mass is 32.2. The maximum absolute atomic E-state index is 13.2. The minimum Gasteiger partial charge on any atom is -0.328 e. The van der Waals surface area contributed by atoms with E-state index >= 15 is 0 Å². The monoisotopic (exact) mass is 354 g/mol. The van der Waals surface area contributed by atoms with Gasteiger partial charge in [0.05, 0.1) is 4.90 Å². The molecule has 1 atom stereocenters. The van der Waals surface area contributed by atoms with Gasteiger partial charge in [-0.15, -0.1) is 0 Å². The average molecular weight is 354 g/mol. The summed E-state index contributed by atoms with van der Waals surface area (Å²) in [5.74, 6) is -1.20. The van der Waals surface area contributed by atoms with E-state index in [0.717, 1.165) is 25.0 Å². The Morgan fingerprint density at radius 2 is 2.08 bits per heavy atom. The largest absolute Gasteiger partial charge is 0.328 e. The van der Waals surface area contributed by atoms with Crippen molar-refractivity contribution in [2.75, 3.05) is 6.54 Å². The van der Waals surface area contributed by atoms with E-state index < -0.39 is 27.3 Å². The zero-order valence-electron chi connectivity index (χ0n) is 13.3. The molecule has 0 bridgehead atoms. The Labute approximate surface area is 140 Å². The first kappa shape index (κ1) is 16.9. The van der Waals surface area contributed by atoms with E-state index in [2.05, 4.69) is 0 Å². The molecule has 1 heterocycles. The number of rotatable bonds is 5. The van der Waals surface area contributed by atoms with E-state index in [-0.39, 0.29) is 10.8 Å². The molecule has 1 aliphatic heterocycles. The molecule has 0 aromatic heterocycles. The van der Waals surface area contributed by atoms with E-state index in [4.69, 9.17) is 0 Å². The number of amides is 2. The summed E-state index contributed by atoms with van der Waals surface area (Å²) in [6.45, 7) is 1.99. The SMILES string of the molecule is CC1(C(=O)NS(=O)(=O)c2cccc(F)c2)CCN1C(=O)CC1CC1. The van der Waals surface area contributed by atoms with Crippen LogP contribution in [0.4, 0.5) is 4.39 Å². The molecule has 2 fully saturated rings. The van der Waals surface area contributed by atoms with Crippen LogP contribution in [0, 0.1) is 11.7 Å². The number of sulfonamides is 1. The lowest BCUT2D eigenvalue weighted by atomic mass is 9.85. The summed E-state index contributed by atoms with van der Waals surface area (Å²) in [6, 6.07) is 4.42. The van der Waals surface area contributed by atoms with Crippen LogP contribution >= 0.6 is 0 Å². The Hall–Kier alpha value is -1.96. The molecular formula is C16H19FN2O4S. The van der Waals surface area contributed by atoms with Crippen LogP contribution in [-0.4, -0.2) is 37.2 Å². The fourth-order valence-corrected chi connectivity index (χ4v) is 3.91. The number of nitrogens with zero attached hydrogens (tertiary/aromatic N) is 1. The fraction of sp³-hybridized carbons (Fsp3) is 0.500. The Balaban J connectivity index is 1.72. The van der Waals surface area contributed by atoms with E-state index in [1.807, 2.05) is 4.72 Å². The van der Waals surface area contributed by atoms with Gasteiger partial charge in [-0.3, -0.25) is 9.59 Å². The number of hydrogen-bond donors (Lipinski definition) is 1. The quantitative estimate of drug-likeness (QED) is 0.867. The van der Waals surface area contributed by atoms with Gasteiger partial charge in [0, 0.05) is 13.0 Å². The van der Waals surface area contributed by atoms with Gasteiger partial charge in [0.15, 0.2) is 0 Å². The predicted molar refractivity (Wildman–Crippen MR) is 83.8 cm³/mol. The molecule has 1 aromatic carbocycles. The van der Waals surface area contributed by atoms with Gasteiger partial charge in [0.2, 0.25) is 5.91 Å². The lowest BCUT2D eigenvalue weighted by molar-refractivity contribution is -0.156. The molecular weight excluding hydrogens is 335 g/mol. The molecule has 0 spiro atoms. The molecule has 6 nitrogen and oxygen atoms in total. The van der Waals surface area contributed by atoms with E-state index in [1.165, 1.54) is 17.0 Å². The highest BCUT2D eigenvalue weighted by Crippen LogP contribution is 2.37. The summed E-state index contributed by atoms with van der Waals surface area (Å²) >= 11 is 0. The minimum atomic E-state index is -4.18. The zero-order chi connectivity index (χ0) is 17.5. The Bertz CT molecular complexity index is 791. The van der Waals surface area contributed by atoms with Crippen LogP contribution < -0.4 is 4.72 Å². The number of halogens is 1. The van der Waals surface area contributed by atoms with Crippen molar-refractivity contribution >= 4 is 21.8 Å². The van der Waals surface area contributed by atoms with Crippen molar-refractivity contribution in [1.29, 1.82) is 0 Å². The first-order chi connectivity index (χ1) is 11.2. The van der Waals surface area contributed by atoms with Gasteiger partial charge in [0.1, 0.15) is 11.4 Å². The van der Waals surface area contributed by atoms with Gasteiger partial charge < -0.3 is 4.90 Å². The second kappa shape index (κ2) is 5.84. The van der Waals surface area contributed by atoms with Crippen molar-refractivity contribution in [2.45, 2.75) is 43.0 Å². The summed E-state index contributed by atoms with van der Waals surface area (Å²) in [7, 11) is -4.18. The van der Waals surface area contributed by atoms with Crippen LogP contribution in [-0.2, 0) is 19.6 Å². The first-order valence-electron chi connectivity index (χ1n) is 7.86. The molecule has 130 valence electrons. The van der Waals surface area contributed by atoms with Crippen molar-refractivity contribution in [3.63, 3.8) is 0 Å². The summed E-state index contributed by atoms with van der Waals surface area (Å²) in [6.07, 6.45) is 2.85. The Kier molecular flexibility index (Phi) is 4.11. The van der Waals surface area contributed by atoms with Gasteiger partial charge in [-0.2, -0.15) is 0 Å². The maximum atomic E-state index is 13.2. The van der Waals surface area contributed by atoms with Crippen LogP contribution in [0.15, 0.2) is 29.2 Å². The molecule has 3 rings (SSSR count). The third-order valence-corrected chi connectivity index (χ3v) is 6.03. The summed E-state index contributed by atoms with van der Waals surface area (Å²) < 4.78 is 39.7. The van der Waals surface area contributed by atoms with Crippen LogP contribution in [0.2, 0.25) is 0 Å². The van der Waals surface area contributed by atoms with E-state index in [0.29, 0.717) is 25.3 Å². The topological polar surface area (TPSA) is 83.6 Å². The summed E-state index contributed by atoms with van der Waals surface area (Å²) in [5, 5.41) is 0. The molecule has 1 aliphatic carbocycles. The van der Waals surface area contributed by atoms with Crippen molar-refractivity contribution in [3.05, 3.63) is 30.1 Å². The lowest BCUT2D eigenvalue weighted by Gasteiger charge is -2.49. The molecule has 24 heavy (non-hydrogen) atoms. The Morgan fingerprint density at radius 3 is 2.62 bits per heavy atom. The van der Waals surface area contributed by atoms with Crippen LogP contribution in [0.5, 0.6) is 0 Å². The van der Waals surface area contributed by atoms with Crippen molar-refractivity contribution < 1.29 is 22.4 Å².